The molecule has 2 aromatic rings. The molecule has 18 heavy (non-hydrogen) atoms. The van der Waals surface area contributed by atoms with Crippen LogP contribution in [0.3, 0.4) is 0 Å². The maximum Gasteiger partial charge on any atom is 0.216 e. The minimum absolute atomic E-state index is 0.262. The average molecular weight is 305 g/mol. The summed E-state index contributed by atoms with van der Waals surface area (Å²) in [5.74, 6) is 0.262. The van der Waals surface area contributed by atoms with Crippen LogP contribution >= 0.6 is 15.9 Å². The van der Waals surface area contributed by atoms with Crippen molar-refractivity contribution < 1.29 is 0 Å². The van der Waals surface area contributed by atoms with Crippen LogP contribution in [0, 0.1) is 18.3 Å². The van der Waals surface area contributed by atoms with Gasteiger partial charge in [-0.1, -0.05) is 22.0 Å². The topological polar surface area (TPSA) is 90.3 Å². The molecule has 0 aliphatic rings. The highest BCUT2D eigenvalue weighted by Gasteiger charge is 2.06. The molecule has 0 amide bonds. The summed E-state index contributed by atoms with van der Waals surface area (Å²) in [5, 5.41) is 25.3. The van der Waals surface area contributed by atoms with Crippen molar-refractivity contribution in [1.29, 1.82) is 5.26 Å². The van der Waals surface area contributed by atoms with Gasteiger partial charge in [-0.2, -0.15) is 10.5 Å². The molecule has 90 valence electrons. The van der Waals surface area contributed by atoms with Crippen LogP contribution in [0.5, 0.6) is 0 Å². The van der Waals surface area contributed by atoms with Crippen LogP contribution in [-0.4, -0.2) is 20.6 Å². The second-order valence-electron chi connectivity index (χ2n) is 3.46. The van der Waals surface area contributed by atoms with E-state index in [1.54, 1.807) is 6.20 Å². The second-order valence-corrected chi connectivity index (χ2v) is 4.32. The van der Waals surface area contributed by atoms with E-state index in [9.17, 15) is 0 Å². The third-order valence-corrected chi connectivity index (χ3v) is 3.21. The number of H-pyrrole nitrogens is 1. The number of hydrogen-bond acceptors (Lipinski definition) is 5. The Bertz CT molecular complexity index is 611. The summed E-state index contributed by atoms with van der Waals surface area (Å²) < 4.78 is 0.999. The lowest BCUT2D eigenvalue weighted by molar-refractivity contribution is 0.881. The lowest BCUT2D eigenvalue weighted by atomic mass is 10.2. The quantitative estimate of drug-likeness (QED) is 0.849. The molecule has 7 heteroatoms. The SMILES string of the molecule is Cc1c(Br)cccc1NC=C(C#N)c1nn[nH]n1. The van der Waals surface area contributed by atoms with Crippen molar-refractivity contribution in [2.24, 2.45) is 0 Å². The highest BCUT2D eigenvalue weighted by Crippen LogP contribution is 2.23. The zero-order chi connectivity index (χ0) is 13.0. The van der Waals surface area contributed by atoms with E-state index in [4.69, 9.17) is 5.26 Å². The number of hydrogen-bond donors (Lipinski definition) is 2. The molecule has 2 N–H and O–H groups in total. The zero-order valence-electron chi connectivity index (χ0n) is 9.48. The number of nitrogens with one attached hydrogen (secondary N) is 2. The normalized spacial score (nSPS) is 11.1. The van der Waals surface area contributed by atoms with Gasteiger partial charge >= 0.3 is 0 Å². The van der Waals surface area contributed by atoms with Crippen LogP contribution in [-0.2, 0) is 0 Å². The fourth-order valence-corrected chi connectivity index (χ4v) is 1.70. The summed E-state index contributed by atoms with van der Waals surface area (Å²) in [6.07, 6.45) is 1.56. The molecular weight excluding hydrogens is 296 g/mol. The maximum absolute atomic E-state index is 9.01. The van der Waals surface area contributed by atoms with Gasteiger partial charge in [-0.25, -0.2) is 0 Å². The number of tetrazole rings is 1. The van der Waals surface area contributed by atoms with Gasteiger partial charge in [-0.15, -0.1) is 10.2 Å². The fourth-order valence-electron chi connectivity index (χ4n) is 1.34. The molecule has 0 radical (unpaired) electrons. The first-order valence-corrected chi connectivity index (χ1v) is 5.87. The van der Waals surface area contributed by atoms with Gasteiger partial charge < -0.3 is 5.32 Å². The lowest BCUT2D eigenvalue weighted by Crippen LogP contribution is -1.95. The van der Waals surface area contributed by atoms with Crippen molar-refractivity contribution in [3.05, 3.63) is 40.3 Å². The first-order valence-electron chi connectivity index (χ1n) is 5.08. The number of halogens is 1. The molecule has 0 fully saturated rings. The van der Waals surface area contributed by atoms with Crippen LogP contribution in [0.15, 0.2) is 28.9 Å². The molecular formula is C11H9BrN6. The van der Waals surface area contributed by atoms with Crippen LogP contribution in [0.4, 0.5) is 5.69 Å². The van der Waals surface area contributed by atoms with Gasteiger partial charge in [0.2, 0.25) is 5.82 Å². The predicted octanol–water partition coefficient (Wildman–Crippen LogP) is 2.25. The number of rotatable bonds is 3. The molecule has 1 aromatic carbocycles. The Morgan fingerprint density at radius 1 is 1.56 bits per heavy atom. The van der Waals surface area contributed by atoms with Crippen molar-refractivity contribution in [1.82, 2.24) is 20.6 Å². The summed E-state index contributed by atoms with van der Waals surface area (Å²) in [6.45, 7) is 1.97. The summed E-state index contributed by atoms with van der Waals surface area (Å²) in [4.78, 5) is 0. The number of benzene rings is 1. The van der Waals surface area contributed by atoms with Gasteiger partial charge in [-0.05, 0) is 29.8 Å². The highest BCUT2D eigenvalue weighted by atomic mass is 79.9. The van der Waals surface area contributed by atoms with E-state index in [1.165, 1.54) is 0 Å². The smallest absolute Gasteiger partial charge is 0.216 e. The minimum Gasteiger partial charge on any atom is -0.360 e. The van der Waals surface area contributed by atoms with Crippen LogP contribution in [0.25, 0.3) is 5.57 Å². The Hall–Kier alpha value is -2.20. The van der Waals surface area contributed by atoms with Crippen LogP contribution in [0.1, 0.15) is 11.4 Å². The summed E-state index contributed by atoms with van der Waals surface area (Å²) >= 11 is 3.44. The molecule has 0 unspecified atom stereocenters. The van der Waals surface area contributed by atoms with Gasteiger partial charge in [0.25, 0.3) is 0 Å². The van der Waals surface area contributed by atoms with E-state index in [1.807, 2.05) is 31.2 Å². The van der Waals surface area contributed by atoms with Crippen molar-refractivity contribution >= 4 is 27.2 Å². The van der Waals surface area contributed by atoms with Gasteiger partial charge in [0.1, 0.15) is 11.6 Å². The Labute approximate surface area is 112 Å². The van der Waals surface area contributed by atoms with Crippen LogP contribution in [0.2, 0.25) is 0 Å². The summed E-state index contributed by atoms with van der Waals surface area (Å²) in [5.41, 5.74) is 2.27. The zero-order valence-corrected chi connectivity index (χ0v) is 11.1. The Morgan fingerprint density at radius 2 is 2.39 bits per heavy atom. The molecule has 0 spiro atoms. The number of nitrogens with zero attached hydrogens (tertiary/aromatic N) is 4. The maximum atomic E-state index is 9.01. The number of anilines is 1. The molecule has 2 rings (SSSR count). The monoisotopic (exact) mass is 304 g/mol. The standard InChI is InChI=1S/C11H9BrN6/c1-7-9(12)3-2-4-10(7)14-6-8(5-13)11-15-17-18-16-11/h2-4,6,14H,1H3,(H,15,16,17,18). The van der Waals surface area contributed by atoms with Gasteiger partial charge in [0, 0.05) is 16.4 Å². The van der Waals surface area contributed by atoms with E-state index in [0.29, 0.717) is 5.57 Å². The van der Waals surface area contributed by atoms with Crippen molar-refractivity contribution in [2.45, 2.75) is 6.92 Å². The Morgan fingerprint density at radius 3 is 3.06 bits per heavy atom. The third-order valence-electron chi connectivity index (χ3n) is 2.35. The fraction of sp³-hybridized carbons (Fsp3) is 0.0909. The van der Waals surface area contributed by atoms with Crippen molar-refractivity contribution in [3.8, 4) is 6.07 Å². The third kappa shape index (κ3) is 2.55. The summed E-state index contributed by atoms with van der Waals surface area (Å²) in [7, 11) is 0. The molecule has 1 heterocycles. The molecule has 1 aromatic heterocycles. The average Bonchev–Trinajstić information content (AvgIpc) is 2.89. The number of allylic oxidation sites excluding steroid dienone is 1. The number of aromatic nitrogens is 4. The Balaban J connectivity index is 2.25. The summed E-state index contributed by atoms with van der Waals surface area (Å²) in [6, 6.07) is 7.79. The van der Waals surface area contributed by atoms with E-state index >= 15 is 0 Å². The first-order chi connectivity index (χ1) is 8.72. The van der Waals surface area contributed by atoms with Crippen molar-refractivity contribution in [3.63, 3.8) is 0 Å². The van der Waals surface area contributed by atoms with E-state index in [2.05, 4.69) is 41.9 Å². The second kappa shape index (κ2) is 5.42. The number of nitriles is 1. The van der Waals surface area contributed by atoms with E-state index in [0.717, 1.165) is 15.7 Å². The lowest BCUT2D eigenvalue weighted by Gasteiger charge is -2.06. The van der Waals surface area contributed by atoms with Crippen LogP contribution < -0.4 is 5.32 Å². The van der Waals surface area contributed by atoms with E-state index < -0.39 is 0 Å². The first kappa shape index (κ1) is 12.3. The molecule has 0 aliphatic carbocycles. The van der Waals surface area contributed by atoms with Gasteiger partial charge in [-0.3, -0.25) is 0 Å². The molecule has 0 bridgehead atoms. The molecule has 0 aliphatic heterocycles. The molecule has 6 nitrogen and oxygen atoms in total. The molecule has 0 atom stereocenters. The van der Waals surface area contributed by atoms with E-state index in [-0.39, 0.29) is 5.82 Å². The highest BCUT2D eigenvalue weighted by molar-refractivity contribution is 9.10. The van der Waals surface area contributed by atoms with Gasteiger partial charge in [0.15, 0.2) is 0 Å². The Kier molecular flexibility index (Phi) is 3.69. The molecule has 0 saturated carbocycles. The van der Waals surface area contributed by atoms with Gasteiger partial charge in [0.05, 0.1) is 0 Å². The minimum atomic E-state index is 0.262. The largest absolute Gasteiger partial charge is 0.360 e. The number of aromatic amines is 1. The molecule has 0 saturated heterocycles. The predicted molar refractivity (Wildman–Crippen MR) is 70.3 cm³/mol. The van der Waals surface area contributed by atoms with Crippen molar-refractivity contribution in [2.75, 3.05) is 5.32 Å².